The molecule has 118 valence electrons. The second-order valence-electron chi connectivity index (χ2n) is 5.56. The van der Waals surface area contributed by atoms with E-state index in [1.807, 2.05) is 6.07 Å². The average Bonchev–Trinajstić information content (AvgIpc) is 3.01. The summed E-state index contributed by atoms with van der Waals surface area (Å²) in [6.07, 6.45) is 4.05. The second kappa shape index (κ2) is 6.08. The van der Waals surface area contributed by atoms with Gasteiger partial charge in [-0.05, 0) is 31.0 Å². The maximum absolute atomic E-state index is 6.32. The molecule has 0 amide bonds. The molecule has 0 radical (unpaired) electrons. The SMILES string of the molecule is NCC1(N2CCCC2)N=C(N)C=C(c2ccc(Cl)cc2Cl)N1. The fourth-order valence-corrected chi connectivity index (χ4v) is 3.50. The van der Waals surface area contributed by atoms with E-state index in [1.165, 1.54) is 0 Å². The molecule has 22 heavy (non-hydrogen) atoms. The van der Waals surface area contributed by atoms with Crippen LogP contribution in [-0.2, 0) is 0 Å². The van der Waals surface area contributed by atoms with E-state index in [0.717, 1.165) is 37.2 Å². The van der Waals surface area contributed by atoms with Gasteiger partial charge in [-0.2, -0.15) is 0 Å². The molecule has 0 spiro atoms. The fraction of sp³-hybridized carbons (Fsp3) is 0.400. The van der Waals surface area contributed by atoms with Gasteiger partial charge in [-0.25, -0.2) is 4.99 Å². The molecule has 2 heterocycles. The Morgan fingerprint density at radius 3 is 2.64 bits per heavy atom. The van der Waals surface area contributed by atoms with Crippen LogP contribution in [0.3, 0.4) is 0 Å². The Balaban J connectivity index is 1.98. The third kappa shape index (κ3) is 2.82. The van der Waals surface area contributed by atoms with Gasteiger partial charge in [0.2, 0.25) is 5.79 Å². The van der Waals surface area contributed by atoms with Crippen LogP contribution in [0.1, 0.15) is 18.4 Å². The first kappa shape index (κ1) is 15.6. The molecule has 0 bridgehead atoms. The zero-order chi connectivity index (χ0) is 15.7. The summed E-state index contributed by atoms with van der Waals surface area (Å²) in [4.78, 5) is 6.81. The summed E-state index contributed by atoms with van der Waals surface area (Å²) in [5.74, 6) is -0.259. The van der Waals surface area contributed by atoms with Gasteiger partial charge in [-0.3, -0.25) is 4.90 Å². The molecule has 1 unspecified atom stereocenters. The van der Waals surface area contributed by atoms with E-state index < -0.39 is 5.79 Å². The number of nitrogens with zero attached hydrogens (tertiary/aromatic N) is 2. The number of likely N-dealkylation sites (tertiary alicyclic amines) is 1. The van der Waals surface area contributed by atoms with Crippen LogP contribution in [0.2, 0.25) is 10.0 Å². The van der Waals surface area contributed by atoms with Crippen LogP contribution in [0.5, 0.6) is 0 Å². The molecule has 1 aromatic rings. The summed E-state index contributed by atoms with van der Waals surface area (Å²) in [6.45, 7) is 2.22. The maximum atomic E-state index is 6.32. The van der Waals surface area contributed by atoms with Gasteiger partial charge in [0.05, 0.1) is 11.6 Å². The highest BCUT2D eigenvalue weighted by atomic mass is 35.5. The highest BCUT2D eigenvalue weighted by Crippen LogP contribution is 2.31. The van der Waals surface area contributed by atoms with Crippen molar-refractivity contribution in [2.24, 2.45) is 16.5 Å². The van der Waals surface area contributed by atoms with Crippen LogP contribution in [0.25, 0.3) is 5.70 Å². The van der Waals surface area contributed by atoms with E-state index in [1.54, 1.807) is 18.2 Å². The van der Waals surface area contributed by atoms with Gasteiger partial charge in [-0.15, -0.1) is 0 Å². The van der Waals surface area contributed by atoms with Crippen molar-refractivity contribution in [1.82, 2.24) is 10.2 Å². The molecule has 5 N–H and O–H groups in total. The summed E-state index contributed by atoms with van der Waals surface area (Å²) >= 11 is 12.3. The van der Waals surface area contributed by atoms with Crippen LogP contribution < -0.4 is 16.8 Å². The Kier molecular flexibility index (Phi) is 4.32. The highest BCUT2D eigenvalue weighted by molar-refractivity contribution is 6.35. The van der Waals surface area contributed by atoms with Gasteiger partial charge < -0.3 is 16.8 Å². The highest BCUT2D eigenvalue weighted by Gasteiger charge is 2.39. The molecule has 2 aliphatic rings. The number of halogens is 2. The number of aliphatic imine (C=N–C) groups is 1. The standard InChI is InChI=1S/C15H19Cl2N5/c16-10-3-4-11(12(17)7-10)13-8-14(19)21-15(9-18,20-13)22-5-1-2-6-22/h3-4,7-8,20H,1-2,5-6,9,18H2,(H2,19,21). The number of nitrogens with two attached hydrogens (primary N) is 2. The fourth-order valence-electron chi connectivity index (χ4n) is 2.99. The van der Waals surface area contributed by atoms with Gasteiger partial charge in [0.1, 0.15) is 5.84 Å². The molecule has 2 aliphatic heterocycles. The van der Waals surface area contributed by atoms with Crippen LogP contribution in [0.4, 0.5) is 0 Å². The lowest BCUT2D eigenvalue weighted by Crippen LogP contribution is -2.62. The average molecular weight is 340 g/mol. The van der Waals surface area contributed by atoms with Crippen LogP contribution in [0, 0.1) is 0 Å². The van der Waals surface area contributed by atoms with Crippen molar-refractivity contribution in [2.75, 3.05) is 19.6 Å². The third-order valence-corrected chi connectivity index (χ3v) is 4.62. The summed E-state index contributed by atoms with van der Waals surface area (Å²) in [5.41, 5.74) is 13.7. The normalized spacial score (nSPS) is 25.6. The lowest BCUT2D eigenvalue weighted by Gasteiger charge is -2.41. The number of rotatable bonds is 3. The third-order valence-electron chi connectivity index (χ3n) is 4.08. The second-order valence-corrected chi connectivity index (χ2v) is 6.40. The Hall–Kier alpha value is -1.27. The topological polar surface area (TPSA) is 79.7 Å². The van der Waals surface area contributed by atoms with Crippen LogP contribution >= 0.6 is 23.2 Å². The van der Waals surface area contributed by atoms with Gasteiger partial charge >= 0.3 is 0 Å². The lowest BCUT2D eigenvalue weighted by molar-refractivity contribution is 0.113. The van der Waals surface area contributed by atoms with Crippen molar-refractivity contribution in [3.63, 3.8) is 0 Å². The molecular formula is C15H19Cl2N5. The first-order valence-electron chi connectivity index (χ1n) is 7.30. The minimum absolute atomic E-state index is 0.330. The van der Waals surface area contributed by atoms with Crippen molar-refractivity contribution in [1.29, 1.82) is 0 Å². The Morgan fingerprint density at radius 1 is 1.27 bits per heavy atom. The van der Waals surface area contributed by atoms with Crippen LogP contribution in [-0.4, -0.2) is 36.2 Å². The van der Waals surface area contributed by atoms with Crippen molar-refractivity contribution in [3.8, 4) is 0 Å². The smallest absolute Gasteiger partial charge is 0.202 e. The quantitative estimate of drug-likeness (QED) is 0.786. The number of nitrogens with one attached hydrogen (secondary N) is 1. The number of hydrogen-bond donors (Lipinski definition) is 3. The molecule has 0 saturated carbocycles. The first-order valence-corrected chi connectivity index (χ1v) is 8.05. The van der Waals surface area contributed by atoms with E-state index in [9.17, 15) is 0 Å². The summed E-state index contributed by atoms with van der Waals surface area (Å²) in [5, 5.41) is 4.59. The molecule has 5 nitrogen and oxygen atoms in total. The number of benzene rings is 1. The Bertz CT molecular complexity index is 637. The molecule has 7 heteroatoms. The lowest BCUT2D eigenvalue weighted by atomic mass is 10.1. The summed E-state index contributed by atoms with van der Waals surface area (Å²) < 4.78 is 0. The van der Waals surface area contributed by atoms with Gasteiger partial charge in [0, 0.05) is 35.4 Å². The first-order chi connectivity index (χ1) is 10.5. The molecule has 1 saturated heterocycles. The zero-order valence-electron chi connectivity index (χ0n) is 12.1. The number of hydrogen-bond acceptors (Lipinski definition) is 5. The van der Waals surface area contributed by atoms with Gasteiger partial charge in [-0.1, -0.05) is 23.2 Å². The van der Waals surface area contributed by atoms with E-state index in [-0.39, 0.29) is 0 Å². The molecule has 0 aromatic heterocycles. The molecular weight excluding hydrogens is 321 g/mol. The Labute approximate surface area is 140 Å². The largest absolute Gasteiger partial charge is 0.384 e. The molecule has 0 aliphatic carbocycles. The van der Waals surface area contributed by atoms with E-state index >= 15 is 0 Å². The van der Waals surface area contributed by atoms with Crippen molar-refractivity contribution >= 4 is 34.7 Å². The van der Waals surface area contributed by atoms with E-state index in [2.05, 4.69) is 15.2 Å². The Morgan fingerprint density at radius 2 is 2.00 bits per heavy atom. The molecule has 1 aromatic carbocycles. The van der Waals surface area contributed by atoms with E-state index in [0.29, 0.717) is 22.4 Å². The van der Waals surface area contributed by atoms with Gasteiger partial charge in [0.25, 0.3) is 0 Å². The predicted octanol–water partition coefficient (Wildman–Crippen LogP) is 2.00. The maximum Gasteiger partial charge on any atom is 0.202 e. The van der Waals surface area contributed by atoms with Crippen molar-refractivity contribution in [2.45, 2.75) is 18.6 Å². The van der Waals surface area contributed by atoms with Crippen LogP contribution in [0.15, 0.2) is 29.3 Å². The van der Waals surface area contributed by atoms with Crippen molar-refractivity contribution < 1.29 is 0 Å². The van der Waals surface area contributed by atoms with Crippen molar-refractivity contribution in [3.05, 3.63) is 39.9 Å². The minimum Gasteiger partial charge on any atom is -0.384 e. The molecule has 1 fully saturated rings. The number of amidine groups is 1. The molecule has 3 rings (SSSR count). The minimum atomic E-state index is -0.701. The predicted molar refractivity (Wildman–Crippen MR) is 91.8 cm³/mol. The monoisotopic (exact) mass is 339 g/mol. The van der Waals surface area contributed by atoms with E-state index in [4.69, 9.17) is 34.7 Å². The van der Waals surface area contributed by atoms with Gasteiger partial charge in [0.15, 0.2) is 0 Å². The zero-order valence-corrected chi connectivity index (χ0v) is 13.7. The molecule has 1 atom stereocenters. The summed E-state index contributed by atoms with van der Waals surface area (Å²) in [6, 6.07) is 5.38. The summed E-state index contributed by atoms with van der Waals surface area (Å²) in [7, 11) is 0.